The Balaban J connectivity index is 1.74. The third kappa shape index (κ3) is 4.98. The van der Waals surface area contributed by atoms with Gasteiger partial charge in [0.05, 0.1) is 30.2 Å². The quantitative estimate of drug-likeness (QED) is 0.529. The molecule has 4 rings (SSSR count). The highest BCUT2D eigenvalue weighted by Crippen LogP contribution is 2.33. The van der Waals surface area contributed by atoms with E-state index in [0.29, 0.717) is 49.7 Å². The number of hydrogen-bond donors (Lipinski definition) is 0. The Labute approximate surface area is 213 Å². The van der Waals surface area contributed by atoms with Crippen LogP contribution in [0.4, 0.5) is 5.69 Å². The Morgan fingerprint density at radius 3 is 2.11 bits per heavy atom. The second kappa shape index (κ2) is 10.4. The van der Waals surface area contributed by atoms with Crippen LogP contribution in [0.25, 0.3) is 0 Å². The van der Waals surface area contributed by atoms with Crippen LogP contribution in [0.3, 0.4) is 0 Å². The van der Waals surface area contributed by atoms with E-state index in [1.807, 2.05) is 39.0 Å². The molecule has 2 amide bonds. The molecule has 36 heavy (non-hydrogen) atoms. The number of amides is 2. The van der Waals surface area contributed by atoms with Crippen LogP contribution in [-0.2, 0) is 24.3 Å². The summed E-state index contributed by atoms with van der Waals surface area (Å²) in [5, 5.41) is 0. The van der Waals surface area contributed by atoms with Gasteiger partial charge in [0, 0.05) is 26.2 Å². The van der Waals surface area contributed by atoms with Crippen molar-refractivity contribution in [2.75, 3.05) is 44.3 Å². The van der Waals surface area contributed by atoms with Crippen LogP contribution in [0.1, 0.15) is 34.2 Å². The molecule has 2 aromatic carbocycles. The maximum absolute atomic E-state index is 14.3. The summed E-state index contributed by atoms with van der Waals surface area (Å²) < 4.78 is 35.3. The first-order valence-electron chi connectivity index (χ1n) is 12.3. The average molecular weight is 514 g/mol. The molecule has 0 N–H and O–H groups in total. The first-order valence-corrected chi connectivity index (χ1v) is 13.8. The van der Waals surface area contributed by atoms with Gasteiger partial charge in [-0.3, -0.25) is 14.5 Å². The summed E-state index contributed by atoms with van der Waals surface area (Å²) in [5.41, 5.74) is 4.55. The molecule has 9 heteroatoms. The highest BCUT2D eigenvalue weighted by molar-refractivity contribution is 7.89. The Morgan fingerprint density at radius 2 is 1.53 bits per heavy atom. The normalized spacial score (nSPS) is 19.5. The molecule has 0 radical (unpaired) electrons. The lowest BCUT2D eigenvalue weighted by atomic mass is 10.0. The van der Waals surface area contributed by atoms with Crippen molar-refractivity contribution >= 4 is 27.5 Å². The summed E-state index contributed by atoms with van der Waals surface area (Å²) in [5.74, 6) is -0.900. The van der Waals surface area contributed by atoms with Gasteiger partial charge in [-0.25, -0.2) is 13.3 Å². The van der Waals surface area contributed by atoms with Crippen molar-refractivity contribution < 1.29 is 22.7 Å². The van der Waals surface area contributed by atoms with E-state index >= 15 is 0 Å². The molecule has 1 atom stereocenters. The zero-order chi connectivity index (χ0) is 26.2. The van der Waals surface area contributed by atoms with Gasteiger partial charge in [0.15, 0.2) is 0 Å². The summed E-state index contributed by atoms with van der Waals surface area (Å²) in [6.07, 6.45) is -0.183. The average Bonchev–Trinajstić information content (AvgIpc) is 3.12. The molecular weight excluding hydrogens is 478 g/mol. The lowest BCUT2D eigenvalue weighted by Crippen LogP contribution is -2.49. The molecule has 2 aliphatic rings. The molecule has 0 spiro atoms. The maximum atomic E-state index is 14.3. The number of nitrogens with zero attached hydrogens (tertiary/aromatic N) is 3. The number of ether oxygens (including phenoxy) is 1. The molecule has 194 valence electrons. The van der Waals surface area contributed by atoms with Crippen LogP contribution < -0.4 is 4.90 Å². The highest BCUT2D eigenvalue weighted by atomic mass is 32.2. The van der Waals surface area contributed by atoms with E-state index in [1.165, 1.54) is 4.31 Å². The smallest absolute Gasteiger partial charge is 0.252 e. The maximum Gasteiger partial charge on any atom is 0.252 e. The zero-order valence-corrected chi connectivity index (χ0v) is 22.5. The SMILES string of the molecule is Cc1ccc(N2C(=O)CC(N(CCN3CCOCC3)S(=O)(=O)c3c(C)c(C)cc(C)c3C)C2=O)cc1. The first kappa shape index (κ1) is 26.5. The molecule has 0 bridgehead atoms. The van der Waals surface area contributed by atoms with E-state index in [-0.39, 0.29) is 17.9 Å². The molecule has 2 saturated heterocycles. The monoisotopic (exact) mass is 513 g/mol. The van der Waals surface area contributed by atoms with Gasteiger partial charge in [-0.15, -0.1) is 0 Å². The van der Waals surface area contributed by atoms with Crippen LogP contribution in [0.2, 0.25) is 0 Å². The number of aryl methyl sites for hydroxylation is 3. The minimum atomic E-state index is -4.08. The van der Waals surface area contributed by atoms with Crippen molar-refractivity contribution in [2.24, 2.45) is 0 Å². The number of carbonyl (C=O) groups excluding carboxylic acids is 2. The van der Waals surface area contributed by atoms with E-state index in [1.54, 1.807) is 26.0 Å². The topological polar surface area (TPSA) is 87.2 Å². The van der Waals surface area contributed by atoms with Crippen LogP contribution in [0, 0.1) is 34.6 Å². The van der Waals surface area contributed by atoms with Crippen molar-refractivity contribution in [1.29, 1.82) is 0 Å². The Kier molecular flexibility index (Phi) is 7.66. The molecular formula is C27H35N3O5S. The second-order valence-corrected chi connectivity index (χ2v) is 11.6. The molecule has 2 aromatic rings. The van der Waals surface area contributed by atoms with E-state index in [9.17, 15) is 18.0 Å². The van der Waals surface area contributed by atoms with Gasteiger partial charge in [0.25, 0.3) is 5.91 Å². The molecule has 1 unspecified atom stereocenters. The number of carbonyl (C=O) groups is 2. The summed E-state index contributed by atoms with van der Waals surface area (Å²) in [4.78, 5) is 30.2. The Morgan fingerprint density at radius 1 is 0.944 bits per heavy atom. The standard InChI is InChI=1S/C27H35N3O5S/c1-18-6-8-23(9-7-18)30-25(31)17-24(27(30)32)29(11-10-28-12-14-35-15-13-28)36(33,34)26-21(4)19(2)16-20(3)22(26)5/h6-9,16,24H,10-15,17H2,1-5H3. The molecule has 2 aliphatic heterocycles. The number of hydrogen-bond acceptors (Lipinski definition) is 6. The zero-order valence-electron chi connectivity index (χ0n) is 21.7. The lowest BCUT2D eigenvalue weighted by molar-refractivity contribution is -0.122. The minimum absolute atomic E-state index is 0.111. The van der Waals surface area contributed by atoms with Gasteiger partial charge in [0.2, 0.25) is 15.9 Å². The molecule has 0 saturated carbocycles. The van der Waals surface area contributed by atoms with Crippen molar-refractivity contribution in [3.8, 4) is 0 Å². The summed E-state index contributed by atoms with van der Waals surface area (Å²) >= 11 is 0. The van der Waals surface area contributed by atoms with Crippen molar-refractivity contribution in [3.63, 3.8) is 0 Å². The number of imide groups is 1. The van der Waals surface area contributed by atoms with Crippen LogP contribution in [0.15, 0.2) is 35.2 Å². The minimum Gasteiger partial charge on any atom is -0.379 e. The fraction of sp³-hybridized carbons (Fsp3) is 0.481. The van der Waals surface area contributed by atoms with Gasteiger partial charge >= 0.3 is 0 Å². The van der Waals surface area contributed by atoms with E-state index < -0.39 is 27.9 Å². The van der Waals surface area contributed by atoms with Gasteiger partial charge in [-0.05, 0) is 69.0 Å². The van der Waals surface area contributed by atoms with E-state index in [0.717, 1.165) is 21.6 Å². The van der Waals surface area contributed by atoms with Gasteiger partial charge in [-0.2, -0.15) is 4.31 Å². The molecule has 0 aliphatic carbocycles. The Bertz CT molecular complexity index is 1240. The molecule has 8 nitrogen and oxygen atoms in total. The fourth-order valence-electron chi connectivity index (χ4n) is 5.00. The fourth-order valence-corrected chi connectivity index (χ4v) is 7.15. The van der Waals surface area contributed by atoms with Crippen molar-refractivity contribution in [3.05, 3.63) is 58.1 Å². The third-order valence-electron chi connectivity index (χ3n) is 7.37. The summed E-state index contributed by atoms with van der Waals surface area (Å²) in [7, 11) is -4.08. The van der Waals surface area contributed by atoms with Gasteiger partial charge in [-0.1, -0.05) is 23.8 Å². The highest BCUT2D eigenvalue weighted by Gasteiger charge is 2.47. The van der Waals surface area contributed by atoms with E-state index in [4.69, 9.17) is 4.74 Å². The predicted molar refractivity (Wildman–Crippen MR) is 139 cm³/mol. The summed E-state index contributed by atoms with van der Waals surface area (Å²) in [6, 6.07) is 7.99. The molecule has 2 heterocycles. The lowest BCUT2D eigenvalue weighted by Gasteiger charge is -2.32. The first-order chi connectivity index (χ1) is 17.0. The number of anilines is 1. The number of benzene rings is 2. The Hall–Kier alpha value is -2.59. The predicted octanol–water partition coefficient (Wildman–Crippen LogP) is 2.88. The van der Waals surface area contributed by atoms with Crippen LogP contribution in [-0.4, -0.2) is 74.9 Å². The van der Waals surface area contributed by atoms with E-state index in [2.05, 4.69) is 4.90 Å². The van der Waals surface area contributed by atoms with Crippen molar-refractivity contribution in [1.82, 2.24) is 9.21 Å². The molecule has 2 fully saturated rings. The molecule has 0 aromatic heterocycles. The van der Waals surface area contributed by atoms with Gasteiger partial charge in [0.1, 0.15) is 6.04 Å². The number of rotatable bonds is 7. The third-order valence-corrected chi connectivity index (χ3v) is 9.55. The number of morpholine rings is 1. The second-order valence-electron chi connectivity index (χ2n) is 9.78. The number of sulfonamides is 1. The largest absolute Gasteiger partial charge is 0.379 e. The summed E-state index contributed by atoms with van der Waals surface area (Å²) in [6.45, 7) is 12.4. The van der Waals surface area contributed by atoms with Crippen LogP contribution in [0.5, 0.6) is 0 Å². The van der Waals surface area contributed by atoms with Gasteiger partial charge < -0.3 is 4.74 Å². The van der Waals surface area contributed by atoms with Crippen LogP contribution >= 0.6 is 0 Å². The van der Waals surface area contributed by atoms with Crippen molar-refractivity contribution in [2.45, 2.75) is 52.0 Å².